The van der Waals surface area contributed by atoms with Crippen molar-refractivity contribution in [1.82, 2.24) is 0 Å². The molecule has 1 atom stereocenters. The standard InChI is InChI=1S/C9H17F3NO4P/c1-4-16-18(15,17-5-2)8(13,6-7(3)14)9(10,11)12/h4-6,13H2,1-3H3/t8-/m1/s1. The molecule has 0 aromatic heterocycles. The number of carbonyl (C=O) groups excluding carboxylic acids is 1. The van der Waals surface area contributed by atoms with Gasteiger partial charge in [0.2, 0.25) is 5.28 Å². The molecule has 18 heavy (non-hydrogen) atoms. The molecule has 2 N–H and O–H groups in total. The second-order valence-corrected chi connectivity index (χ2v) is 5.94. The zero-order valence-electron chi connectivity index (χ0n) is 10.4. The summed E-state index contributed by atoms with van der Waals surface area (Å²) in [6.45, 7) is 3.09. The Kier molecular flexibility index (Phi) is 6.00. The van der Waals surface area contributed by atoms with E-state index < -0.39 is 31.3 Å². The fraction of sp³-hybridized carbons (Fsp3) is 0.889. The van der Waals surface area contributed by atoms with E-state index in [1.54, 1.807) is 0 Å². The molecule has 108 valence electrons. The van der Waals surface area contributed by atoms with E-state index in [2.05, 4.69) is 9.05 Å². The fourth-order valence-electron chi connectivity index (χ4n) is 1.34. The van der Waals surface area contributed by atoms with Crippen LogP contribution in [0.2, 0.25) is 0 Å². The first kappa shape index (κ1) is 17.6. The average molecular weight is 291 g/mol. The first-order chi connectivity index (χ1) is 8.04. The lowest BCUT2D eigenvalue weighted by Gasteiger charge is -2.36. The van der Waals surface area contributed by atoms with Crippen LogP contribution in [0.15, 0.2) is 0 Å². The van der Waals surface area contributed by atoms with E-state index in [0.717, 1.165) is 6.92 Å². The predicted octanol–water partition coefficient (Wildman–Crippen LogP) is 2.45. The predicted molar refractivity (Wildman–Crippen MR) is 59.1 cm³/mol. The van der Waals surface area contributed by atoms with Crippen molar-refractivity contribution in [2.75, 3.05) is 13.2 Å². The highest BCUT2D eigenvalue weighted by Gasteiger charge is 2.66. The van der Waals surface area contributed by atoms with Crippen LogP contribution in [0, 0.1) is 0 Å². The van der Waals surface area contributed by atoms with Gasteiger partial charge in [0.05, 0.1) is 13.2 Å². The van der Waals surface area contributed by atoms with E-state index in [4.69, 9.17) is 5.73 Å². The van der Waals surface area contributed by atoms with Gasteiger partial charge in [-0.05, 0) is 20.8 Å². The van der Waals surface area contributed by atoms with Crippen molar-refractivity contribution in [2.45, 2.75) is 38.6 Å². The van der Waals surface area contributed by atoms with E-state index in [9.17, 15) is 22.5 Å². The average Bonchev–Trinajstić information content (AvgIpc) is 2.15. The van der Waals surface area contributed by atoms with Crippen molar-refractivity contribution in [3.05, 3.63) is 0 Å². The normalized spacial score (nSPS) is 16.4. The molecule has 0 aromatic rings. The first-order valence-corrected chi connectivity index (χ1v) is 6.82. The highest BCUT2D eigenvalue weighted by molar-refractivity contribution is 7.55. The van der Waals surface area contributed by atoms with Gasteiger partial charge in [-0.3, -0.25) is 9.36 Å². The van der Waals surface area contributed by atoms with E-state index in [-0.39, 0.29) is 13.2 Å². The molecule has 0 bridgehead atoms. The van der Waals surface area contributed by atoms with Gasteiger partial charge in [0.1, 0.15) is 5.78 Å². The number of nitrogens with two attached hydrogens (primary N) is 1. The maximum Gasteiger partial charge on any atom is 0.418 e. The zero-order valence-corrected chi connectivity index (χ0v) is 11.3. The maximum absolute atomic E-state index is 13.0. The molecular formula is C9H17F3NO4P. The van der Waals surface area contributed by atoms with Gasteiger partial charge in [-0.25, -0.2) is 0 Å². The summed E-state index contributed by atoms with van der Waals surface area (Å²) in [7, 11) is -4.68. The monoisotopic (exact) mass is 291 g/mol. The molecule has 5 nitrogen and oxygen atoms in total. The van der Waals surface area contributed by atoms with Gasteiger partial charge in [-0.15, -0.1) is 0 Å². The van der Waals surface area contributed by atoms with Gasteiger partial charge < -0.3 is 14.8 Å². The third-order valence-corrected chi connectivity index (χ3v) is 4.68. The van der Waals surface area contributed by atoms with Crippen LogP contribution >= 0.6 is 7.60 Å². The molecule has 0 aliphatic heterocycles. The minimum Gasteiger partial charge on any atom is -0.307 e. The highest BCUT2D eigenvalue weighted by Crippen LogP contribution is 2.64. The van der Waals surface area contributed by atoms with Crippen molar-refractivity contribution in [1.29, 1.82) is 0 Å². The summed E-state index contributed by atoms with van der Waals surface area (Å²) in [6, 6.07) is 0. The maximum atomic E-state index is 13.0. The van der Waals surface area contributed by atoms with Crippen LogP contribution in [0.1, 0.15) is 27.2 Å². The number of hydrogen-bond donors (Lipinski definition) is 1. The Bertz CT molecular complexity index is 337. The number of Topliss-reactive ketones (excluding diaryl/α,β-unsaturated/α-hetero) is 1. The highest BCUT2D eigenvalue weighted by atomic mass is 31.2. The van der Waals surface area contributed by atoms with Crippen molar-refractivity contribution in [3.63, 3.8) is 0 Å². The second kappa shape index (κ2) is 6.14. The van der Waals surface area contributed by atoms with E-state index >= 15 is 0 Å². The Hall–Kier alpha value is -0.430. The lowest BCUT2D eigenvalue weighted by molar-refractivity contribution is -0.171. The fourth-order valence-corrected chi connectivity index (χ4v) is 3.28. The van der Waals surface area contributed by atoms with Crippen LogP contribution in [-0.4, -0.2) is 30.5 Å². The summed E-state index contributed by atoms with van der Waals surface area (Å²) in [5.74, 6) is -0.852. The third-order valence-electron chi connectivity index (χ3n) is 2.10. The summed E-state index contributed by atoms with van der Waals surface area (Å²) >= 11 is 0. The first-order valence-electron chi connectivity index (χ1n) is 5.28. The van der Waals surface area contributed by atoms with Crippen LogP contribution in [0.3, 0.4) is 0 Å². The molecule has 0 unspecified atom stereocenters. The lowest BCUT2D eigenvalue weighted by Crippen LogP contribution is -2.54. The molecule has 0 heterocycles. The Balaban J connectivity index is 5.65. The minimum atomic E-state index is -5.08. The van der Waals surface area contributed by atoms with Crippen LogP contribution in [0.25, 0.3) is 0 Å². The number of halogens is 3. The van der Waals surface area contributed by atoms with E-state index in [1.807, 2.05) is 0 Å². The molecule has 0 rings (SSSR count). The Morgan fingerprint density at radius 1 is 1.22 bits per heavy atom. The van der Waals surface area contributed by atoms with Crippen molar-refractivity contribution >= 4 is 13.4 Å². The molecule has 0 saturated heterocycles. The second-order valence-electron chi connectivity index (χ2n) is 3.63. The molecule has 0 spiro atoms. The summed E-state index contributed by atoms with van der Waals surface area (Å²) in [5, 5.41) is -3.32. The number of carbonyl (C=O) groups is 1. The SMILES string of the molecule is CCOP(=O)(OCC)[C@](N)(CC(C)=O)C(F)(F)F. The van der Waals surface area contributed by atoms with Gasteiger partial charge >= 0.3 is 13.8 Å². The lowest BCUT2D eigenvalue weighted by atomic mass is 10.1. The largest absolute Gasteiger partial charge is 0.418 e. The quantitative estimate of drug-likeness (QED) is 0.729. The molecular weight excluding hydrogens is 274 g/mol. The van der Waals surface area contributed by atoms with E-state index in [0.29, 0.717) is 0 Å². The molecule has 0 aliphatic rings. The van der Waals surface area contributed by atoms with Crippen molar-refractivity contribution < 1.29 is 31.6 Å². The van der Waals surface area contributed by atoms with Gasteiger partial charge in [-0.2, -0.15) is 13.2 Å². The molecule has 0 fully saturated rings. The van der Waals surface area contributed by atoms with Crippen LogP contribution in [0.5, 0.6) is 0 Å². The van der Waals surface area contributed by atoms with Gasteiger partial charge in [0, 0.05) is 6.42 Å². The third kappa shape index (κ3) is 3.54. The molecule has 0 saturated carbocycles. The Morgan fingerprint density at radius 2 is 1.61 bits per heavy atom. The summed E-state index contributed by atoms with van der Waals surface area (Å²) < 4.78 is 60.4. The van der Waals surface area contributed by atoms with Crippen molar-refractivity contribution in [3.8, 4) is 0 Å². The zero-order chi connectivity index (χ0) is 14.6. The molecule has 0 aromatic carbocycles. The topological polar surface area (TPSA) is 78.6 Å². The van der Waals surface area contributed by atoms with E-state index in [1.165, 1.54) is 13.8 Å². The molecule has 9 heteroatoms. The smallest absolute Gasteiger partial charge is 0.307 e. The minimum absolute atomic E-state index is 0.274. The summed E-state index contributed by atoms with van der Waals surface area (Å²) in [4.78, 5) is 10.9. The number of rotatable bonds is 7. The number of hydrogen-bond acceptors (Lipinski definition) is 5. The van der Waals surface area contributed by atoms with Gasteiger partial charge in [0.25, 0.3) is 0 Å². The van der Waals surface area contributed by atoms with Crippen LogP contribution in [-0.2, 0) is 18.4 Å². The Morgan fingerprint density at radius 3 is 1.83 bits per heavy atom. The van der Waals surface area contributed by atoms with Crippen LogP contribution in [0.4, 0.5) is 13.2 Å². The van der Waals surface area contributed by atoms with Gasteiger partial charge in [0.15, 0.2) is 0 Å². The van der Waals surface area contributed by atoms with Crippen molar-refractivity contribution in [2.24, 2.45) is 5.73 Å². The molecule has 0 radical (unpaired) electrons. The Labute approximate surface area is 103 Å². The molecule has 0 aliphatic carbocycles. The summed E-state index contributed by atoms with van der Waals surface area (Å²) in [6.07, 6.45) is -6.24. The number of ketones is 1. The van der Waals surface area contributed by atoms with Gasteiger partial charge in [-0.1, -0.05) is 0 Å². The summed E-state index contributed by atoms with van der Waals surface area (Å²) in [5.41, 5.74) is 5.17. The number of alkyl halides is 3. The molecule has 0 amide bonds. The van der Waals surface area contributed by atoms with Crippen LogP contribution < -0.4 is 5.73 Å².